The van der Waals surface area contributed by atoms with Crippen molar-refractivity contribution in [2.75, 3.05) is 13.2 Å². The molecule has 0 amide bonds. The Morgan fingerprint density at radius 1 is 1.00 bits per heavy atom. The second-order valence-electron chi connectivity index (χ2n) is 6.15. The zero-order chi connectivity index (χ0) is 19.2. The van der Waals surface area contributed by atoms with Gasteiger partial charge in [-0.2, -0.15) is 8.42 Å². The summed E-state index contributed by atoms with van der Waals surface area (Å²) in [7, 11) is -4.82. The van der Waals surface area contributed by atoms with Gasteiger partial charge in [-0.05, 0) is 0 Å². The number of ether oxygens (including phenoxy) is 4. The molecule has 3 saturated heterocycles. The first-order chi connectivity index (χ1) is 12.1. The van der Waals surface area contributed by atoms with Gasteiger partial charge in [-0.15, -0.1) is 0 Å². The van der Waals surface area contributed by atoms with E-state index in [1.165, 1.54) is 0 Å². The van der Waals surface area contributed by atoms with E-state index in [0.29, 0.717) is 0 Å². The summed E-state index contributed by atoms with van der Waals surface area (Å²) in [6.07, 6.45) is -14.4. The van der Waals surface area contributed by atoms with E-state index < -0.39 is 78.4 Å². The fourth-order valence-corrected chi connectivity index (χ4v) is 3.69. The number of aliphatic hydroxyl groups excluding tert-OH is 5. The third-order valence-electron chi connectivity index (χ3n) is 4.43. The molecule has 0 saturated carbocycles. The molecule has 10 atom stereocenters. The maximum Gasteiger partial charge on any atom is 0.397 e. The molecule has 3 heterocycles. The molecule has 3 aliphatic heterocycles. The van der Waals surface area contributed by atoms with Crippen LogP contribution in [-0.4, -0.2) is 113 Å². The second kappa shape index (κ2) is 7.50. The first-order valence-electron chi connectivity index (χ1n) is 7.69. The number of fused-ring (bicyclic) bond motifs is 2. The molecule has 3 aliphatic rings. The van der Waals surface area contributed by atoms with Crippen molar-refractivity contribution in [2.45, 2.75) is 61.4 Å². The van der Waals surface area contributed by atoms with Gasteiger partial charge in [0.05, 0.1) is 13.2 Å². The second-order valence-corrected chi connectivity index (χ2v) is 7.20. The van der Waals surface area contributed by atoms with Crippen molar-refractivity contribution in [3.05, 3.63) is 0 Å². The quantitative estimate of drug-likeness (QED) is 0.239. The SMILES string of the molecule is O=S(=O)(O)OC1[C@H]2CO[C@@H]1[C@@H](O)[C@@H](O[C@@H]1[C@@H](O)[C@H](O)O[C@H](CO)[C@@H]1O)O2. The van der Waals surface area contributed by atoms with E-state index in [1.807, 2.05) is 0 Å². The minimum absolute atomic E-state index is 0.164. The Morgan fingerprint density at radius 2 is 1.69 bits per heavy atom. The van der Waals surface area contributed by atoms with Crippen LogP contribution in [0.1, 0.15) is 0 Å². The van der Waals surface area contributed by atoms with Crippen LogP contribution in [0.5, 0.6) is 0 Å². The minimum atomic E-state index is -4.82. The van der Waals surface area contributed by atoms with E-state index in [9.17, 15) is 28.8 Å². The largest absolute Gasteiger partial charge is 0.397 e. The molecular formula is C12H20O13S. The molecule has 0 aliphatic carbocycles. The van der Waals surface area contributed by atoms with Gasteiger partial charge in [0, 0.05) is 0 Å². The van der Waals surface area contributed by atoms with Gasteiger partial charge in [0.15, 0.2) is 12.6 Å². The molecule has 2 bridgehead atoms. The van der Waals surface area contributed by atoms with Crippen LogP contribution in [-0.2, 0) is 33.5 Å². The first-order valence-corrected chi connectivity index (χ1v) is 9.05. The maximum absolute atomic E-state index is 10.9. The lowest BCUT2D eigenvalue weighted by Crippen LogP contribution is -2.63. The molecule has 0 radical (unpaired) electrons. The topological polar surface area (TPSA) is 202 Å². The van der Waals surface area contributed by atoms with E-state index in [2.05, 4.69) is 4.18 Å². The average molecular weight is 404 g/mol. The molecule has 26 heavy (non-hydrogen) atoms. The van der Waals surface area contributed by atoms with Gasteiger partial charge < -0.3 is 44.5 Å². The van der Waals surface area contributed by atoms with Crippen molar-refractivity contribution >= 4 is 10.4 Å². The number of aliphatic hydroxyl groups is 5. The lowest BCUT2D eigenvalue weighted by atomic mass is 9.98. The summed E-state index contributed by atoms with van der Waals surface area (Å²) in [5.74, 6) is 0. The molecule has 0 aromatic rings. The van der Waals surface area contributed by atoms with Crippen LogP contribution in [0.25, 0.3) is 0 Å². The van der Waals surface area contributed by atoms with E-state index in [4.69, 9.17) is 28.6 Å². The third-order valence-corrected chi connectivity index (χ3v) is 4.90. The predicted octanol–water partition coefficient (Wildman–Crippen LogP) is -4.52. The van der Waals surface area contributed by atoms with Crippen LogP contribution in [0.4, 0.5) is 0 Å². The normalized spacial score (nSPS) is 49.3. The highest BCUT2D eigenvalue weighted by Crippen LogP contribution is 2.35. The van der Waals surface area contributed by atoms with Gasteiger partial charge in [0.2, 0.25) is 0 Å². The van der Waals surface area contributed by atoms with Gasteiger partial charge in [-0.1, -0.05) is 0 Å². The molecular weight excluding hydrogens is 384 g/mol. The Bertz CT molecular complexity index is 598. The monoisotopic (exact) mass is 404 g/mol. The fraction of sp³-hybridized carbons (Fsp3) is 1.00. The van der Waals surface area contributed by atoms with E-state index in [1.54, 1.807) is 0 Å². The van der Waals surface area contributed by atoms with Crippen LogP contribution in [0.2, 0.25) is 0 Å². The Labute approximate surface area is 147 Å². The molecule has 14 heteroatoms. The third kappa shape index (κ3) is 3.87. The summed E-state index contributed by atoms with van der Waals surface area (Å²) < 4.78 is 55.7. The highest BCUT2D eigenvalue weighted by Gasteiger charge is 2.55. The molecule has 0 aromatic carbocycles. The van der Waals surface area contributed by atoms with Crippen molar-refractivity contribution in [1.29, 1.82) is 0 Å². The van der Waals surface area contributed by atoms with E-state index in [0.717, 1.165) is 0 Å². The average Bonchev–Trinajstić information content (AvgIpc) is 2.84. The minimum Gasteiger partial charge on any atom is -0.394 e. The predicted molar refractivity (Wildman–Crippen MR) is 75.7 cm³/mol. The molecule has 0 aromatic heterocycles. The van der Waals surface area contributed by atoms with Crippen LogP contribution >= 0.6 is 0 Å². The molecule has 13 nitrogen and oxygen atoms in total. The zero-order valence-electron chi connectivity index (χ0n) is 13.1. The van der Waals surface area contributed by atoms with Gasteiger partial charge in [0.25, 0.3) is 0 Å². The van der Waals surface area contributed by atoms with Gasteiger partial charge >= 0.3 is 10.4 Å². The van der Waals surface area contributed by atoms with Crippen molar-refractivity contribution in [3.63, 3.8) is 0 Å². The van der Waals surface area contributed by atoms with Crippen molar-refractivity contribution < 1.29 is 61.6 Å². The first kappa shape index (κ1) is 20.2. The summed E-state index contributed by atoms with van der Waals surface area (Å²) in [5.41, 5.74) is 0. The van der Waals surface area contributed by atoms with Crippen LogP contribution in [0.15, 0.2) is 0 Å². The molecule has 0 spiro atoms. The Morgan fingerprint density at radius 3 is 2.31 bits per heavy atom. The summed E-state index contributed by atoms with van der Waals surface area (Å²) in [6.45, 7) is -0.833. The Balaban J connectivity index is 1.71. The van der Waals surface area contributed by atoms with Crippen molar-refractivity contribution in [1.82, 2.24) is 0 Å². The molecule has 3 rings (SSSR count). The maximum atomic E-state index is 10.9. The summed E-state index contributed by atoms with van der Waals surface area (Å²) >= 11 is 0. The standard InChI is InChI=1S/C12H20O13S/c13-1-3-5(14)9(6(15)11(17)22-3)24-12-7(16)10-8(25-26(18,19)20)4(23-12)2-21-10/h3-17H,1-2H2,(H,18,19,20)/t3-,4-,5+,6-,7-,8?,9+,10-,11-,12-/m1/s1. The smallest absolute Gasteiger partial charge is 0.394 e. The van der Waals surface area contributed by atoms with Crippen molar-refractivity contribution in [3.8, 4) is 0 Å². The van der Waals surface area contributed by atoms with Gasteiger partial charge in [-0.25, -0.2) is 4.18 Å². The molecule has 1 unspecified atom stereocenters. The number of rotatable bonds is 5. The summed E-state index contributed by atoms with van der Waals surface area (Å²) in [6, 6.07) is 0. The number of hydrogen-bond acceptors (Lipinski definition) is 12. The van der Waals surface area contributed by atoms with Gasteiger partial charge in [0.1, 0.15) is 48.8 Å². The van der Waals surface area contributed by atoms with E-state index >= 15 is 0 Å². The van der Waals surface area contributed by atoms with Crippen molar-refractivity contribution in [2.24, 2.45) is 0 Å². The molecule has 6 N–H and O–H groups in total. The summed E-state index contributed by atoms with van der Waals surface area (Å²) in [4.78, 5) is 0. The van der Waals surface area contributed by atoms with Crippen LogP contribution in [0, 0.1) is 0 Å². The molecule has 3 fully saturated rings. The lowest BCUT2D eigenvalue weighted by Gasteiger charge is -2.43. The summed E-state index contributed by atoms with van der Waals surface area (Å²) in [5, 5.41) is 49.1. The van der Waals surface area contributed by atoms with E-state index in [-0.39, 0.29) is 6.61 Å². The molecule has 152 valence electrons. The van der Waals surface area contributed by atoms with Crippen LogP contribution in [0.3, 0.4) is 0 Å². The Kier molecular flexibility index (Phi) is 5.84. The fourth-order valence-electron chi connectivity index (χ4n) is 3.18. The Hall–Kier alpha value is -0.490. The number of hydrogen-bond donors (Lipinski definition) is 6. The van der Waals surface area contributed by atoms with Crippen LogP contribution < -0.4 is 0 Å². The lowest BCUT2D eigenvalue weighted by molar-refractivity contribution is -0.341. The van der Waals surface area contributed by atoms with Gasteiger partial charge in [-0.3, -0.25) is 4.55 Å². The highest BCUT2D eigenvalue weighted by molar-refractivity contribution is 7.80. The zero-order valence-corrected chi connectivity index (χ0v) is 14.0. The highest BCUT2D eigenvalue weighted by atomic mass is 32.3.